The van der Waals surface area contributed by atoms with Gasteiger partial charge in [-0.05, 0) is 24.7 Å². The van der Waals surface area contributed by atoms with Gasteiger partial charge in [0.05, 0.1) is 0 Å². The van der Waals surface area contributed by atoms with Crippen molar-refractivity contribution >= 4 is 6.03 Å². The second-order valence-corrected chi connectivity index (χ2v) is 4.61. The number of nitrogens with zero attached hydrogens (tertiary/aromatic N) is 1. The summed E-state index contributed by atoms with van der Waals surface area (Å²) < 4.78 is 0. The summed E-state index contributed by atoms with van der Waals surface area (Å²) in [5.74, 6) is 0. The lowest BCUT2D eigenvalue weighted by atomic mass is 9.83. The zero-order chi connectivity index (χ0) is 10.6. The van der Waals surface area contributed by atoms with Crippen molar-refractivity contribution in [3.8, 4) is 0 Å². The molecule has 0 aromatic heterocycles. The second-order valence-electron chi connectivity index (χ2n) is 4.61. The fraction of sp³-hybridized carbons (Fsp3) is 0.909. The number of urea groups is 1. The van der Waals surface area contributed by atoms with Gasteiger partial charge in [0.25, 0.3) is 0 Å². The number of carbonyl (C=O) groups excluding carboxylic acids is 1. The minimum atomic E-state index is 0.0322. The molecule has 1 saturated carbocycles. The lowest BCUT2D eigenvalue weighted by molar-refractivity contribution is 0.204. The minimum Gasteiger partial charge on any atom is -0.337 e. The van der Waals surface area contributed by atoms with Crippen LogP contribution in [0.4, 0.5) is 4.79 Å². The molecule has 0 aromatic rings. The van der Waals surface area contributed by atoms with Crippen molar-refractivity contribution in [3.63, 3.8) is 0 Å². The fourth-order valence-corrected chi connectivity index (χ4v) is 2.20. The Morgan fingerprint density at radius 3 is 2.36 bits per heavy atom. The molecule has 0 heterocycles. The maximum atomic E-state index is 11.4. The Labute approximate surface area is 86.9 Å². The van der Waals surface area contributed by atoms with Gasteiger partial charge in [0.1, 0.15) is 0 Å². The zero-order valence-corrected chi connectivity index (χ0v) is 9.60. The van der Waals surface area contributed by atoms with Crippen LogP contribution in [0.2, 0.25) is 0 Å². The molecule has 3 nitrogen and oxygen atoms in total. The Hall–Kier alpha value is -0.730. The van der Waals surface area contributed by atoms with Gasteiger partial charge in [-0.3, -0.25) is 0 Å². The van der Waals surface area contributed by atoms with Crippen LogP contribution in [0, 0.1) is 5.41 Å². The summed E-state index contributed by atoms with van der Waals surface area (Å²) in [6, 6.07) is 0.0322. The Morgan fingerprint density at radius 1 is 1.36 bits per heavy atom. The standard InChI is InChI=1S/C11H22N2O/c1-4-11(7-5-6-8-11)9-12-10(14)13(2)3/h4-9H2,1-3H3,(H,12,14). The molecule has 1 fully saturated rings. The third-order valence-electron chi connectivity index (χ3n) is 3.44. The predicted octanol–water partition coefficient (Wildman–Crippen LogP) is 2.23. The van der Waals surface area contributed by atoms with Gasteiger partial charge in [0, 0.05) is 20.6 Å². The van der Waals surface area contributed by atoms with Crippen LogP contribution in [-0.4, -0.2) is 31.6 Å². The summed E-state index contributed by atoms with van der Waals surface area (Å²) >= 11 is 0. The number of amides is 2. The third-order valence-corrected chi connectivity index (χ3v) is 3.44. The maximum absolute atomic E-state index is 11.4. The topological polar surface area (TPSA) is 32.3 Å². The molecule has 82 valence electrons. The first kappa shape index (κ1) is 11.3. The molecule has 1 rings (SSSR count). The average molecular weight is 198 g/mol. The van der Waals surface area contributed by atoms with Crippen molar-refractivity contribution in [1.29, 1.82) is 0 Å². The molecule has 0 atom stereocenters. The number of hydrogen-bond acceptors (Lipinski definition) is 1. The second kappa shape index (κ2) is 4.67. The van der Waals surface area contributed by atoms with E-state index >= 15 is 0 Å². The molecule has 0 bridgehead atoms. The van der Waals surface area contributed by atoms with E-state index in [0.717, 1.165) is 6.54 Å². The Balaban J connectivity index is 2.38. The predicted molar refractivity (Wildman–Crippen MR) is 58.3 cm³/mol. The molecule has 0 unspecified atom stereocenters. The molecule has 2 amide bonds. The average Bonchev–Trinajstić information content (AvgIpc) is 2.63. The molecule has 1 aliphatic carbocycles. The maximum Gasteiger partial charge on any atom is 0.316 e. The summed E-state index contributed by atoms with van der Waals surface area (Å²) in [5, 5.41) is 3.00. The quantitative estimate of drug-likeness (QED) is 0.741. The lowest BCUT2D eigenvalue weighted by Crippen LogP contribution is -2.41. The van der Waals surface area contributed by atoms with Crippen molar-refractivity contribution in [1.82, 2.24) is 10.2 Å². The summed E-state index contributed by atoms with van der Waals surface area (Å²) in [5.41, 5.74) is 0.395. The van der Waals surface area contributed by atoms with E-state index in [1.54, 1.807) is 19.0 Å². The van der Waals surface area contributed by atoms with Gasteiger partial charge in [0.15, 0.2) is 0 Å². The van der Waals surface area contributed by atoms with Crippen molar-refractivity contribution in [2.45, 2.75) is 39.0 Å². The van der Waals surface area contributed by atoms with Crippen LogP contribution in [0.5, 0.6) is 0 Å². The molecular weight excluding hydrogens is 176 g/mol. The van der Waals surface area contributed by atoms with Crippen molar-refractivity contribution in [2.75, 3.05) is 20.6 Å². The number of carbonyl (C=O) groups is 1. The molecule has 0 aromatic carbocycles. The van der Waals surface area contributed by atoms with E-state index in [1.807, 2.05) is 0 Å². The van der Waals surface area contributed by atoms with Crippen molar-refractivity contribution in [3.05, 3.63) is 0 Å². The number of hydrogen-bond donors (Lipinski definition) is 1. The normalized spacial score (nSPS) is 19.4. The molecular formula is C11H22N2O. The lowest BCUT2D eigenvalue weighted by Gasteiger charge is -2.28. The molecule has 1 aliphatic rings. The van der Waals surface area contributed by atoms with E-state index in [2.05, 4.69) is 12.2 Å². The van der Waals surface area contributed by atoms with Crippen LogP contribution in [0.3, 0.4) is 0 Å². The smallest absolute Gasteiger partial charge is 0.316 e. The Kier molecular flexibility index (Phi) is 3.78. The molecule has 0 aliphatic heterocycles. The largest absolute Gasteiger partial charge is 0.337 e. The first-order chi connectivity index (χ1) is 6.59. The molecule has 3 heteroatoms. The van der Waals surface area contributed by atoms with E-state index in [9.17, 15) is 4.79 Å². The SMILES string of the molecule is CCC1(CNC(=O)N(C)C)CCCC1. The number of rotatable bonds is 3. The van der Waals surface area contributed by atoms with Crippen molar-refractivity contribution in [2.24, 2.45) is 5.41 Å². The van der Waals surface area contributed by atoms with Crippen LogP contribution in [0.15, 0.2) is 0 Å². The van der Waals surface area contributed by atoms with Crippen LogP contribution in [0.1, 0.15) is 39.0 Å². The zero-order valence-electron chi connectivity index (χ0n) is 9.60. The highest BCUT2D eigenvalue weighted by atomic mass is 16.2. The van der Waals surface area contributed by atoms with Gasteiger partial charge < -0.3 is 10.2 Å². The van der Waals surface area contributed by atoms with Crippen LogP contribution in [-0.2, 0) is 0 Å². The molecule has 0 saturated heterocycles. The van der Waals surface area contributed by atoms with E-state index in [1.165, 1.54) is 32.1 Å². The summed E-state index contributed by atoms with van der Waals surface area (Å²) in [4.78, 5) is 13.0. The van der Waals surface area contributed by atoms with E-state index in [0.29, 0.717) is 5.41 Å². The van der Waals surface area contributed by atoms with Crippen LogP contribution in [0.25, 0.3) is 0 Å². The van der Waals surface area contributed by atoms with Gasteiger partial charge in [0.2, 0.25) is 0 Å². The Morgan fingerprint density at radius 2 is 1.93 bits per heavy atom. The first-order valence-corrected chi connectivity index (χ1v) is 5.55. The van der Waals surface area contributed by atoms with Gasteiger partial charge in [-0.25, -0.2) is 4.79 Å². The summed E-state index contributed by atoms with van der Waals surface area (Å²) in [6.45, 7) is 3.08. The third kappa shape index (κ3) is 2.63. The van der Waals surface area contributed by atoms with Crippen LogP contribution < -0.4 is 5.32 Å². The fourth-order valence-electron chi connectivity index (χ4n) is 2.20. The summed E-state index contributed by atoms with van der Waals surface area (Å²) in [6.07, 6.45) is 6.38. The van der Waals surface area contributed by atoms with Crippen molar-refractivity contribution < 1.29 is 4.79 Å². The van der Waals surface area contributed by atoms with E-state index in [-0.39, 0.29) is 6.03 Å². The highest BCUT2D eigenvalue weighted by Gasteiger charge is 2.32. The van der Waals surface area contributed by atoms with Gasteiger partial charge >= 0.3 is 6.03 Å². The monoisotopic (exact) mass is 198 g/mol. The first-order valence-electron chi connectivity index (χ1n) is 5.55. The highest BCUT2D eigenvalue weighted by Crippen LogP contribution is 2.40. The Bertz CT molecular complexity index is 195. The molecule has 1 N–H and O–H groups in total. The van der Waals surface area contributed by atoms with E-state index in [4.69, 9.17) is 0 Å². The minimum absolute atomic E-state index is 0.0322. The molecule has 0 spiro atoms. The van der Waals surface area contributed by atoms with E-state index < -0.39 is 0 Å². The van der Waals surface area contributed by atoms with Gasteiger partial charge in [-0.1, -0.05) is 19.8 Å². The van der Waals surface area contributed by atoms with Gasteiger partial charge in [-0.15, -0.1) is 0 Å². The molecule has 0 radical (unpaired) electrons. The highest BCUT2D eigenvalue weighted by molar-refractivity contribution is 5.73. The molecule has 14 heavy (non-hydrogen) atoms. The van der Waals surface area contributed by atoms with Gasteiger partial charge in [-0.2, -0.15) is 0 Å². The number of nitrogens with one attached hydrogen (secondary N) is 1. The van der Waals surface area contributed by atoms with Crippen LogP contribution >= 0.6 is 0 Å². The summed E-state index contributed by atoms with van der Waals surface area (Å²) in [7, 11) is 3.56.